The number of fused-ring (bicyclic) bond motifs is 1. The molecule has 0 saturated carbocycles. The molecule has 12 heavy (non-hydrogen) atoms. The molecule has 0 aliphatic carbocycles. The summed E-state index contributed by atoms with van der Waals surface area (Å²) in [7, 11) is 0. The van der Waals surface area contributed by atoms with Gasteiger partial charge in [0.05, 0.1) is 0 Å². The van der Waals surface area contributed by atoms with Gasteiger partial charge in [-0.1, -0.05) is 40.0 Å². The molecule has 0 unspecified atom stereocenters. The molecule has 2 nitrogen and oxygen atoms in total. The van der Waals surface area contributed by atoms with Crippen LogP contribution in [-0.4, -0.2) is 13.6 Å². The Morgan fingerprint density at radius 1 is 1.50 bits per heavy atom. The Morgan fingerprint density at radius 2 is 2.25 bits per heavy atom. The summed E-state index contributed by atoms with van der Waals surface area (Å²) in [6.07, 6.45) is 6.68. The van der Waals surface area contributed by atoms with Crippen molar-refractivity contribution in [1.82, 2.24) is 9.55 Å². The molecule has 1 aliphatic rings. The molecule has 0 radical (unpaired) electrons. The van der Waals surface area contributed by atoms with E-state index in [1.807, 2.05) is 30.8 Å². The molecule has 4 heteroatoms. The van der Waals surface area contributed by atoms with E-state index in [1.54, 1.807) is 0 Å². The van der Waals surface area contributed by atoms with Crippen molar-refractivity contribution >= 4 is 30.9 Å². The Hall–Kier alpha value is -1.45. The Labute approximate surface area is 76.7 Å². The molecule has 0 saturated heterocycles. The molecule has 1 aliphatic heterocycles. The Bertz CT molecular complexity index is 252. The second-order valence-electron chi connectivity index (χ2n) is 1.66. The summed E-state index contributed by atoms with van der Waals surface area (Å²) in [5, 5.41) is 0. The molecule has 2 rings (SSSR count). The van der Waals surface area contributed by atoms with Crippen LogP contribution in [0.3, 0.4) is 0 Å². The van der Waals surface area contributed by atoms with Crippen LogP contribution in [0.2, 0.25) is 0 Å². The van der Waals surface area contributed by atoms with Gasteiger partial charge in [-0.15, -0.1) is 20.7 Å². The van der Waals surface area contributed by atoms with Gasteiger partial charge >= 0.3 is 0 Å². The van der Waals surface area contributed by atoms with Crippen LogP contribution in [0.5, 0.6) is 0 Å². The van der Waals surface area contributed by atoms with E-state index in [2.05, 4.69) is 19.4 Å². The third-order valence-corrected chi connectivity index (χ3v) is 2.83. The van der Waals surface area contributed by atoms with Gasteiger partial charge in [0.2, 0.25) is 0 Å². The SMILES string of the molecule is CC.[Rf].[c-]1ncc2n1C=CI=C2. The van der Waals surface area contributed by atoms with E-state index in [0.717, 1.165) is 0 Å². The van der Waals surface area contributed by atoms with Crippen molar-refractivity contribution in [3.05, 3.63) is 22.3 Å². The van der Waals surface area contributed by atoms with E-state index < -0.39 is 0 Å². The number of aromatic nitrogens is 2. The minimum absolute atomic E-state index is 0. The maximum absolute atomic E-state index is 3.88. The summed E-state index contributed by atoms with van der Waals surface area (Å²) in [5.74, 6) is 0. The molecule has 0 aromatic carbocycles. The fourth-order valence-corrected chi connectivity index (χ4v) is 2.21. The molecular weight excluding hydrogens is 518 g/mol. The second kappa shape index (κ2) is 5.23. The number of rotatable bonds is 0. The van der Waals surface area contributed by atoms with E-state index in [0.29, 0.717) is 0 Å². The van der Waals surface area contributed by atoms with Crippen LogP contribution >= 0.6 is 20.7 Å². The van der Waals surface area contributed by atoms with Gasteiger partial charge in [-0.05, 0) is 0 Å². The zero-order valence-corrected chi connectivity index (χ0v) is 15.8. The monoisotopic (exact) mass is 528 g/mol. The van der Waals surface area contributed by atoms with Gasteiger partial charge in [-0.3, -0.25) is 0 Å². The zero-order valence-electron chi connectivity index (χ0n) is 7.29. The summed E-state index contributed by atoms with van der Waals surface area (Å²) < 4.78 is 6.32. The van der Waals surface area contributed by atoms with Crippen molar-refractivity contribution in [2.24, 2.45) is 0 Å². The van der Waals surface area contributed by atoms with Crippen LogP contribution in [0.1, 0.15) is 19.5 Å². The fraction of sp³-hybridized carbons (Fsp3) is 0.250. The zero-order chi connectivity index (χ0) is 8.10. The van der Waals surface area contributed by atoms with Crippen molar-refractivity contribution < 1.29 is 0 Å². The van der Waals surface area contributed by atoms with Crippen molar-refractivity contribution in [2.75, 3.05) is 0 Å². The Kier molecular flexibility index (Phi) is 4.60. The molecule has 0 atom stereocenters. The van der Waals surface area contributed by atoms with Crippen molar-refractivity contribution in [1.29, 1.82) is 0 Å². The molecule has 62 valence electrons. The van der Waals surface area contributed by atoms with Gasteiger partial charge in [-0.25, -0.2) is 0 Å². The normalized spacial score (nSPS) is 11.5. The molecule has 0 amide bonds. The smallest absolute Gasteiger partial charge is 0.0408 e. The van der Waals surface area contributed by atoms with Crippen molar-refractivity contribution in [2.45, 2.75) is 13.8 Å². The number of halogens is 1. The number of hydrogen-bond donors (Lipinski definition) is 0. The molecular formula is C8H10IN2Rf-. The van der Waals surface area contributed by atoms with Crippen LogP contribution in [0.4, 0.5) is 0 Å². The van der Waals surface area contributed by atoms with Gasteiger partial charge in [0.25, 0.3) is 0 Å². The summed E-state index contributed by atoms with van der Waals surface area (Å²) in [6.45, 7) is 4.00. The number of hydrogen-bond acceptors (Lipinski definition) is 1. The van der Waals surface area contributed by atoms with E-state index in [-0.39, 0.29) is 20.7 Å². The van der Waals surface area contributed by atoms with Crippen LogP contribution in [0.15, 0.2) is 10.3 Å². The quantitative estimate of drug-likeness (QED) is 0.374. The van der Waals surface area contributed by atoms with Crippen LogP contribution < -0.4 is 0 Å². The molecule has 0 bridgehead atoms. The first kappa shape index (κ1) is 10.6. The summed E-state index contributed by atoms with van der Waals surface area (Å²) in [4.78, 5) is 3.88. The van der Waals surface area contributed by atoms with E-state index in [9.17, 15) is 0 Å². The molecule has 0 spiro atoms. The van der Waals surface area contributed by atoms with Crippen LogP contribution in [0.25, 0.3) is 6.20 Å². The summed E-state index contributed by atoms with van der Waals surface area (Å²) in [5.41, 5.74) is 1.19. The van der Waals surface area contributed by atoms with Gasteiger partial charge in [0.1, 0.15) is 0 Å². The predicted molar refractivity (Wildman–Crippen MR) is 56.9 cm³/mol. The maximum atomic E-state index is 3.88. The van der Waals surface area contributed by atoms with E-state index >= 15 is 0 Å². The minimum Gasteiger partial charge on any atom is -0.432 e. The Balaban J connectivity index is 0.000000378. The van der Waals surface area contributed by atoms with Gasteiger partial charge in [0.15, 0.2) is 0 Å². The third kappa shape index (κ3) is 2.02. The van der Waals surface area contributed by atoms with Crippen molar-refractivity contribution in [3.8, 4) is 0 Å². The second-order valence-corrected chi connectivity index (χ2v) is 3.72. The van der Waals surface area contributed by atoms with Gasteiger partial charge < -0.3 is 9.55 Å². The third-order valence-electron chi connectivity index (χ3n) is 1.09. The number of nitrogens with zero attached hydrogens (tertiary/aromatic N) is 2. The molecule has 1 aromatic heterocycles. The maximum Gasteiger partial charge on any atom is 0.0408 e. The molecule has 1 aromatic rings. The molecule has 0 fully saturated rings. The van der Waals surface area contributed by atoms with Crippen LogP contribution in [-0.2, 0) is 0 Å². The van der Waals surface area contributed by atoms with Crippen LogP contribution in [0, 0.1) is 6.33 Å². The van der Waals surface area contributed by atoms with Gasteiger partial charge in [0, 0.05) is 6.33 Å². The molecule has 0 N–H and O–H groups in total. The average molecular weight is 528 g/mol. The first-order valence-corrected chi connectivity index (χ1v) is 6.03. The van der Waals surface area contributed by atoms with E-state index in [1.165, 1.54) is 5.69 Å². The Morgan fingerprint density at radius 3 is 2.92 bits per heavy atom. The first-order chi connectivity index (χ1) is 5.47. The largest absolute Gasteiger partial charge is 0.432 e. The average Bonchev–Trinajstić information content (AvgIpc) is 2.55. The van der Waals surface area contributed by atoms with Crippen molar-refractivity contribution in [3.63, 3.8) is 0 Å². The molecule has 2 heterocycles. The topological polar surface area (TPSA) is 17.8 Å². The minimum atomic E-state index is 0. The first-order valence-electron chi connectivity index (χ1n) is 3.53. The fourth-order valence-electron chi connectivity index (χ4n) is 0.667. The summed E-state index contributed by atoms with van der Waals surface area (Å²) in [6, 6.07) is 0. The van der Waals surface area contributed by atoms with Gasteiger partial charge in [-0.2, -0.15) is 0 Å². The number of imidazole rings is 1. The predicted octanol–water partition coefficient (Wildman–Crippen LogP) is 2.27. The standard InChI is InChI=1S/C6H4IN2.C2H6.Rf/c1-2-9-5-8-4-6(9)3-7-1;1-2;/h1-4H;1-2H3;/q-1;;. The van der Waals surface area contributed by atoms with E-state index in [4.69, 9.17) is 0 Å². The summed E-state index contributed by atoms with van der Waals surface area (Å²) >= 11 is 0.165.